The van der Waals surface area contributed by atoms with Crippen LogP contribution >= 0.6 is 0 Å². The van der Waals surface area contributed by atoms with Gasteiger partial charge in [-0.05, 0) is 18.6 Å². The van der Waals surface area contributed by atoms with Crippen molar-refractivity contribution in [2.45, 2.75) is 19.4 Å². The van der Waals surface area contributed by atoms with Gasteiger partial charge in [-0.1, -0.05) is 12.1 Å². The molecule has 0 bridgehead atoms. The Hall–Kier alpha value is -2.41. The van der Waals surface area contributed by atoms with E-state index in [9.17, 15) is 14.7 Å². The molecule has 0 spiro atoms. The zero-order chi connectivity index (χ0) is 14.7. The molecule has 0 aliphatic carbocycles. The van der Waals surface area contributed by atoms with Crippen LogP contribution in [0.15, 0.2) is 22.6 Å². The van der Waals surface area contributed by atoms with E-state index in [1.165, 1.54) is 0 Å². The molecule has 0 aliphatic rings. The molecule has 7 nitrogen and oxygen atoms in total. The number of carbonyl (C=O) groups is 2. The van der Waals surface area contributed by atoms with E-state index in [-0.39, 0.29) is 18.9 Å². The molecule has 0 fully saturated rings. The number of benzene rings is 1. The molecule has 1 heterocycles. The van der Waals surface area contributed by atoms with Crippen molar-refractivity contribution in [3.05, 3.63) is 29.7 Å². The molecule has 0 aliphatic heterocycles. The summed E-state index contributed by atoms with van der Waals surface area (Å²) in [6.45, 7) is 1.98. The Labute approximate surface area is 113 Å². The number of aliphatic hydroxyl groups is 1. The van der Waals surface area contributed by atoms with E-state index in [4.69, 9.17) is 14.3 Å². The third-order valence-corrected chi connectivity index (χ3v) is 2.63. The average Bonchev–Trinajstić information content (AvgIpc) is 2.83. The summed E-state index contributed by atoms with van der Waals surface area (Å²) in [5, 5.41) is 18.1. The molecule has 2 N–H and O–H groups in total. The summed E-state index contributed by atoms with van der Waals surface area (Å²) in [5.74, 6) is -2.18. The molecule has 2 aromatic rings. The second-order valence-electron chi connectivity index (χ2n) is 4.04. The highest BCUT2D eigenvalue weighted by atomic mass is 16.5. The highest BCUT2D eigenvalue weighted by molar-refractivity contribution is 5.83. The van der Waals surface area contributed by atoms with E-state index in [1.807, 2.05) is 0 Å². The summed E-state index contributed by atoms with van der Waals surface area (Å²) in [5.41, 5.74) is 1.20. The minimum Gasteiger partial charge on any atom is -0.479 e. The van der Waals surface area contributed by atoms with Gasteiger partial charge in [0, 0.05) is 0 Å². The van der Waals surface area contributed by atoms with Crippen LogP contribution in [-0.2, 0) is 20.7 Å². The number of hydrogen-bond donors (Lipinski definition) is 2. The van der Waals surface area contributed by atoms with Crippen LogP contribution in [0.5, 0.6) is 0 Å². The SMILES string of the molecule is CCOC(=O)Cc1cccc2oc(C(O)C(=O)O)nc12. The Bertz CT molecular complexity index is 647. The van der Waals surface area contributed by atoms with Crippen LogP contribution < -0.4 is 0 Å². The minimum atomic E-state index is -1.84. The Morgan fingerprint density at radius 3 is 2.85 bits per heavy atom. The highest BCUT2D eigenvalue weighted by Gasteiger charge is 2.23. The van der Waals surface area contributed by atoms with Crippen LogP contribution in [-0.4, -0.2) is 33.7 Å². The zero-order valence-electron chi connectivity index (χ0n) is 10.7. The van der Waals surface area contributed by atoms with Gasteiger partial charge in [-0.2, -0.15) is 0 Å². The summed E-state index contributed by atoms with van der Waals surface area (Å²) in [4.78, 5) is 26.1. The number of aliphatic hydroxyl groups excluding tert-OH is 1. The number of ether oxygens (including phenoxy) is 1. The van der Waals surface area contributed by atoms with Crippen molar-refractivity contribution in [2.24, 2.45) is 0 Å². The van der Waals surface area contributed by atoms with Gasteiger partial charge in [-0.25, -0.2) is 9.78 Å². The minimum absolute atomic E-state index is 0.000317. The normalized spacial score (nSPS) is 12.3. The van der Waals surface area contributed by atoms with Crippen LogP contribution in [0.1, 0.15) is 24.5 Å². The number of oxazole rings is 1. The van der Waals surface area contributed by atoms with E-state index in [0.717, 1.165) is 0 Å². The molecule has 20 heavy (non-hydrogen) atoms. The Balaban J connectivity index is 2.37. The Kier molecular flexibility index (Phi) is 3.99. The largest absolute Gasteiger partial charge is 0.479 e. The van der Waals surface area contributed by atoms with Gasteiger partial charge in [0.1, 0.15) is 5.52 Å². The maximum atomic E-state index is 11.5. The molecular weight excluding hydrogens is 266 g/mol. The number of aliphatic carboxylic acids is 1. The van der Waals surface area contributed by atoms with Crippen molar-refractivity contribution in [1.29, 1.82) is 0 Å². The Morgan fingerprint density at radius 1 is 1.45 bits per heavy atom. The summed E-state index contributed by atoms with van der Waals surface area (Å²) in [6.07, 6.45) is -1.84. The molecule has 7 heteroatoms. The number of nitrogens with zero attached hydrogens (tertiary/aromatic N) is 1. The number of carboxylic acids is 1. The van der Waals surface area contributed by atoms with Crippen LogP contribution in [0.2, 0.25) is 0 Å². The standard InChI is InChI=1S/C13H13NO6/c1-2-19-9(15)6-7-4-3-5-8-10(7)14-12(20-8)11(16)13(17)18/h3-5,11,16H,2,6H2,1H3,(H,17,18). The molecule has 2 rings (SSSR count). The van der Waals surface area contributed by atoms with Crippen molar-refractivity contribution in [2.75, 3.05) is 6.61 Å². The maximum absolute atomic E-state index is 11.5. The van der Waals surface area contributed by atoms with E-state index in [2.05, 4.69) is 4.98 Å². The zero-order valence-corrected chi connectivity index (χ0v) is 10.7. The molecule has 1 aromatic heterocycles. The fourth-order valence-corrected chi connectivity index (χ4v) is 1.76. The summed E-state index contributed by atoms with van der Waals surface area (Å²) < 4.78 is 10.0. The predicted molar refractivity (Wildman–Crippen MR) is 66.9 cm³/mol. The second-order valence-corrected chi connectivity index (χ2v) is 4.04. The van der Waals surface area contributed by atoms with Gasteiger partial charge in [-0.15, -0.1) is 0 Å². The van der Waals surface area contributed by atoms with Crippen LogP contribution in [0.3, 0.4) is 0 Å². The highest BCUT2D eigenvalue weighted by Crippen LogP contribution is 2.23. The van der Waals surface area contributed by atoms with Crippen molar-refractivity contribution < 1.29 is 29.0 Å². The Morgan fingerprint density at radius 2 is 2.20 bits per heavy atom. The van der Waals surface area contributed by atoms with E-state index in [1.54, 1.807) is 25.1 Å². The van der Waals surface area contributed by atoms with Gasteiger partial charge >= 0.3 is 11.9 Å². The number of rotatable bonds is 5. The van der Waals surface area contributed by atoms with Crippen molar-refractivity contribution in [3.63, 3.8) is 0 Å². The number of carboxylic acid groups (broad SMARTS) is 1. The molecule has 0 saturated heterocycles. The molecule has 1 aromatic carbocycles. The number of esters is 1. The number of aromatic nitrogens is 1. The van der Waals surface area contributed by atoms with Crippen LogP contribution in [0.4, 0.5) is 0 Å². The summed E-state index contributed by atoms with van der Waals surface area (Å²) in [6, 6.07) is 4.90. The fraction of sp³-hybridized carbons (Fsp3) is 0.308. The van der Waals surface area contributed by atoms with Crippen LogP contribution in [0, 0.1) is 0 Å². The number of para-hydroxylation sites is 1. The smallest absolute Gasteiger partial charge is 0.342 e. The molecule has 0 saturated carbocycles. The molecule has 1 atom stereocenters. The number of fused-ring (bicyclic) bond motifs is 1. The lowest BCUT2D eigenvalue weighted by molar-refractivity contribution is -0.148. The van der Waals surface area contributed by atoms with E-state index >= 15 is 0 Å². The molecule has 106 valence electrons. The van der Waals surface area contributed by atoms with E-state index in [0.29, 0.717) is 16.7 Å². The van der Waals surface area contributed by atoms with Crippen molar-refractivity contribution in [3.8, 4) is 0 Å². The molecule has 0 amide bonds. The summed E-state index contributed by atoms with van der Waals surface area (Å²) in [7, 11) is 0. The first-order chi connectivity index (χ1) is 9.52. The maximum Gasteiger partial charge on any atom is 0.342 e. The first kappa shape index (κ1) is 14.0. The topological polar surface area (TPSA) is 110 Å². The van der Waals surface area contributed by atoms with Gasteiger partial charge in [0.05, 0.1) is 13.0 Å². The first-order valence-electron chi connectivity index (χ1n) is 5.97. The van der Waals surface area contributed by atoms with Gasteiger partial charge in [0.15, 0.2) is 5.58 Å². The van der Waals surface area contributed by atoms with Crippen molar-refractivity contribution in [1.82, 2.24) is 4.98 Å². The van der Waals surface area contributed by atoms with Crippen LogP contribution in [0.25, 0.3) is 11.1 Å². The lowest BCUT2D eigenvalue weighted by Crippen LogP contribution is -2.10. The van der Waals surface area contributed by atoms with E-state index < -0.39 is 18.0 Å². The van der Waals surface area contributed by atoms with Gasteiger partial charge in [0.25, 0.3) is 0 Å². The monoisotopic (exact) mass is 279 g/mol. The lowest BCUT2D eigenvalue weighted by atomic mass is 10.1. The second kappa shape index (κ2) is 5.70. The van der Waals surface area contributed by atoms with Gasteiger partial charge in [-0.3, -0.25) is 4.79 Å². The predicted octanol–water partition coefficient (Wildman–Crippen LogP) is 1.05. The quantitative estimate of drug-likeness (QED) is 0.787. The fourth-order valence-electron chi connectivity index (χ4n) is 1.76. The number of carbonyl (C=O) groups excluding carboxylic acids is 1. The average molecular weight is 279 g/mol. The third kappa shape index (κ3) is 2.77. The third-order valence-electron chi connectivity index (χ3n) is 2.63. The van der Waals surface area contributed by atoms with Gasteiger partial charge < -0.3 is 19.4 Å². The molecule has 0 radical (unpaired) electrons. The molecule has 1 unspecified atom stereocenters. The number of hydrogen-bond acceptors (Lipinski definition) is 6. The lowest BCUT2D eigenvalue weighted by Gasteiger charge is -2.01. The summed E-state index contributed by atoms with van der Waals surface area (Å²) >= 11 is 0. The first-order valence-corrected chi connectivity index (χ1v) is 5.97. The molecular formula is C13H13NO6. The van der Waals surface area contributed by atoms with Gasteiger partial charge in [0.2, 0.25) is 12.0 Å². The van der Waals surface area contributed by atoms with Crippen molar-refractivity contribution >= 4 is 23.0 Å².